The number of nitro benzene ring substituents is 1. The molecule has 0 fully saturated rings. The Morgan fingerprint density at radius 2 is 1.86 bits per heavy atom. The van der Waals surface area contributed by atoms with Gasteiger partial charge in [-0.2, -0.15) is 0 Å². The SMILES string of the molecule is CCc1cccc(NS(=O)(=O)c2cccc([N+](=O)[O-])c2)c1. The lowest BCUT2D eigenvalue weighted by molar-refractivity contribution is -0.385. The highest BCUT2D eigenvalue weighted by atomic mass is 32.2. The van der Waals surface area contributed by atoms with Gasteiger partial charge in [-0.05, 0) is 30.2 Å². The molecule has 0 radical (unpaired) electrons. The van der Waals surface area contributed by atoms with E-state index in [1.165, 1.54) is 18.2 Å². The molecule has 7 heteroatoms. The molecule has 0 saturated heterocycles. The molecule has 0 bridgehead atoms. The van der Waals surface area contributed by atoms with Crippen molar-refractivity contribution in [2.75, 3.05) is 4.72 Å². The normalized spacial score (nSPS) is 11.1. The number of non-ortho nitro benzene ring substituents is 1. The van der Waals surface area contributed by atoms with E-state index in [-0.39, 0.29) is 10.6 Å². The number of rotatable bonds is 5. The largest absolute Gasteiger partial charge is 0.280 e. The van der Waals surface area contributed by atoms with Crippen molar-refractivity contribution < 1.29 is 13.3 Å². The molecule has 2 aromatic carbocycles. The average molecular weight is 306 g/mol. The Hall–Kier alpha value is -2.41. The second-order valence-electron chi connectivity index (χ2n) is 4.41. The molecule has 0 amide bonds. The van der Waals surface area contributed by atoms with Crippen molar-refractivity contribution in [1.82, 2.24) is 0 Å². The number of sulfonamides is 1. The van der Waals surface area contributed by atoms with Gasteiger partial charge in [-0.3, -0.25) is 14.8 Å². The molecule has 0 saturated carbocycles. The first kappa shape index (κ1) is 15.0. The van der Waals surface area contributed by atoms with E-state index >= 15 is 0 Å². The Morgan fingerprint density at radius 3 is 2.52 bits per heavy atom. The first-order chi connectivity index (χ1) is 9.92. The lowest BCUT2D eigenvalue weighted by Gasteiger charge is -2.09. The van der Waals surface area contributed by atoms with Crippen molar-refractivity contribution >= 4 is 21.4 Å². The Kier molecular flexibility index (Phi) is 4.23. The van der Waals surface area contributed by atoms with Crippen LogP contribution in [-0.4, -0.2) is 13.3 Å². The number of hydrogen-bond acceptors (Lipinski definition) is 4. The van der Waals surface area contributed by atoms with Crippen LogP contribution in [0.4, 0.5) is 11.4 Å². The predicted molar refractivity (Wildman–Crippen MR) is 79.7 cm³/mol. The Labute approximate surface area is 122 Å². The van der Waals surface area contributed by atoms with Gasteiger partial charge in [-0.25, -0.2) is 8.42 Å². The van der Waals surface area contributed by atoms with Crippen molar-refractivity contribution in [3.63, 3.8) is 0 Å². The minimum Gasteiger partial charge on any atom is -0.280 e. The Bertz CT molecular complexity index is 772. The van der Waals surface area contributed by atoms with Gasteiger partial charge < -0.3 is 0 Å². The van der Waals surface area contributed by atoms with Gasteiger partial charge >= 0.3 is 0 Å². The first-order valence-corrected chi connectivity index (χ1v) is 7.77. The standard InChI is InChI=1S/C14H14N2O4S/c1-2-11-5-3-6-12(9-11)15-21(19,20)14-8-4-7-13(10-14)16(17)18/h3-10,15H,2H2,1H3. The maximum atomic E-state index is 12.2. The van der Waals surface area contributed by atoms with E-state index in [2.05, 4.69) is 4.72 Å². The third-order valence-electron chi connectivity index (χ3n) is 2.93. The molecule has 110 valence electrons. The molecule has 0 atom stereocenters. The number of nitrogens with zero attached hydrogens (tertiary/aromatic N) is 1. The molecule has 21 heavy (non-hydrogen) atoms. The van der Waals surface area contributed by atoms with Gasteiger partial charge in [0.2, 0.25) is 0 Å². The first-order valence-electron chi connectivity index (χ1n) is 6.28. The number of nitrogens with one attached hydrogen (secondary N) is 1. The van der Waals surface area contributed by atoms with Gasteiger partial charge in [-0.1, -0.05) is 25.1 Å². The van der Waals surface area contributed by atoms with Crippen LogP contribution in [0.1, 0.15) is 12.5 Å². The molecule has 6 nitrogen and oxygen atoms in total. The van der Waals surface area contributed by atoms with E-state index in [0.717, 1.165) is 18.1 Å². The number of benzene rings is 2. The van der Waals surface area contributed by atoms with Crippen LogP contribution in [-0.2, 0) is 16.4 Å². The van der Waals surface area contributed by atoms with Crippen LogP contribution in [0.3, 0.4) is 0 Å². The molecule has 0 aliphatic carbocycles. The fraction of sp³-hybridized carbons (Fsp3) is 0.143. The summed E-state index contributed by atoms with van der Waals surface area (Å²) in [5.41, 5.74) is 1.16. The topological polar surface area (TPSA) is 89.3 Å². The highest BCUT2D eigenvalue weighted by Crippen LogP contribution is 2.21. The summed E-state index contributed by atoms with van der Waals surface area (Å²) < 4.78 is 26.9. The summed E-state index contributed by atoms with van der Waals surface area (Å²) in [5, 5.41) is 10.7. The lowest BCUT2D eigenvalue weighted by Crippen LogP contribution is -2.13. The molecule has 2 aromatic rings. The van der Waals surface area contributed by atoms with Crippen molar-refractivity contribution in [3.05, 3.63) is 64.2 Å². The Morgan fingerprint density at radius 1 is 1.14 bits per heavy atom. The van der Waals surface area contributed by atoms with E-state index in [1.54, 1.807) is 18.2 Å². The molecule has 0 aromatic heterocycles. The fourth-order valence-corrected chi connectivity index (χ4v) is 2.92. The molecule has 0 aliphatic heterocycles. The Balaban J connectivity index is 2.33. The van der Waals surface area contributed by atoms with Crippen molar-refractivity contribution in [2.24, 2.45) is 0 Å². The summed E-state index contributed by atoms with van der Waals surface area (Å²) in [5.74, 6) is 0. The smallest absolute Gasteiger partial charge is 0.270 e. The zero-order valence-corrected chi connectivity index (χ0v) is 12.1. The van der Waals surface area contributed by atoms with E-state index in [1.807, 2.05) is 13.0 Å². The van der Waals surface area contributed by atoms with Gasteiger partial charge in [0.05, 0.1) is 9.82 Å². The number of hydrogen-bond donors (Lipinski definition) is 1. The number of anilines is 1. The van der Waals surface area contributed by atoms with Gasteiger partial charge in [0.1, 0.15) is 0 Å². The van der Waals surface area contributed by atoms with Gasteiger partial charge in [0.25, 0.3) is 15.7 Å². The van der Waals surface area contributed by atoms with Gasteiger partial charge in [-0.15, -0.1) is 0 Å². The van der Waals surface area contributed by atoms with Crippen LogP contribution in [0.15, 0.2) is 53.4 Å². The van der Waals surface area contributed by atoms with Crippen molar-refractivity contribution in [2.45, 2.75) is 18.2 Å². The van der Waals surface area contributed by atoms with Gasteiger partial charge in [0, 0.05) is 17.8 Å². The lowest BCUT2D eigenvalue weighted by atomic mass is 10.1. The summed E-state index contributed by atoms with van der Waals surface area (Å²) in [6.07, 6.45) is 0.784. The van der Waals surface area contributed by atoms with Gasteiger partial charge in [0.15, 0.2) is 0 Å². The van der Waals surface area contributed by atoms with Crippen LogP contribution in [0, 0.1) is 10.1 Å². The fourth-order valence-electron chi connectivity index (χ4n) is 1.83. The summed E-state index contributed by atoms with van der Waals surface area (Å²) in [7, 11) is -3.85. The summed E-state index contributed by atoms with van der Waals surface area (Å²) in [6.45, 7) is 1.97. The highest BCUT2D eigenvalue weighted by Gasteiger charge is 2.17. The third-order valence-corrected chi connectivity index (χ3v) is 4.31. The van der Waals surface area contributed by atoms with Crippen LogP contribution in [0.2, 0.25) is 0 Å². The highest BCUT2D eigenvalue weighted by molar-refractivity contribution is 7.92. The second-order valence-corrected chi connectivity index (χ2v) is 6.10. The average Bonchev–Trinajstić information content (AvgIpc) is 2.47. The summed E-state index contributed by atoms with van der Waals surface area (Å²) in [4.78, 5) is 9.94. The van der Waals surface area contributed by atoms with E-state index in [0.29, 0.717) is 5.69 Å². The molecule has 1 N–H and O–H groups in total. The minimum absolute atomic E-state index is 0.140. The van der Waals surface area contributed by atoms with E-state index < -0.39 is 14.9 Å². The monoisotopic (exact) mass is 306 g/mol. The molecule has 2 rings (SSSR count). The summed E-state index contributed by atoms with van der Waals surface area (Å²) in [6, 6.07) is 12.0. The molecule has 0 unspecified atom stereocenters. The van der Waals surface area contributed by atoms with E-state index in [4.69, 9.17) is 0 Å². The maximum absolute atomic E-state index is 12.2. The van der Waals surface area contributed by atoms with Crippen LogP contribution in [0.5, 0.6) is 0 Å². The molecule has 0 heterocycles. The number of aryl methyl sites for hydroxylation is 1. The minimum atomic E-state index is -3.85. The molecule has 0 spiro atoms. The zero-order chi connectivity index (χ0) is 15.5. The third kappa shape index (κ3) is 3.57. The molecular weight excluding hydrogens is 292 g/mol. The number of nitro groups is 1. The van der Waals surface area contributed by atoms with Crippen molar-refractivity contribution in [3.8, 4) is 0 Å². The zero-order valence-electron chi connectivity index (χ0n) is 11.3. The van der Waals surface area contributed by atoms with Crippen molar-refractivity contribution in [1.29, 1.82) is 0 Å². The van der Waals surface area contributed by atoms with Crippen LogP contribution < -0.4 is 4.72 Å². The quantitative estimate of drug-likeness (QED) is 0.679. The molecule has 0 aliphatic rings. The van der Waals surface area contributed by atoms with Crippen LogP contribution in [0.25, 0.3) is 0 Å². The summed E-state index contributed by atoms with van der Waals surface area (Å²) >= 11 is 0. The predicted octanol–water partition coefficient (Wildman–Crippen LogP) is 2.96. The second kappa shape index (κ2) is 5.92. The van der Waals surface area contributed by atoms with Crippen LogP contribution >= 0.6 is 0 Å². The maximum Gasteiger partial charge on any atom is 0.270 e. The van der Waals surface area contributed by atoms with E-state index in [9.17, 15) is 18.5 Å². The molecular formula is C14H14N2O4S.